The molecule has 0 radical (unpaired) electrons. The standard InChI is InChI=1S/C20H30/c1-14-8-12-20(3)15(13-14)6-7-16-17-5-4-10-19(17,2)11-9-18(16)20/h6-7,14,17-18H,4-5,8-13H2,1-3H3/t14?,17?,18?,19?,20-/m0/s1. The van der Waals surface area contributed by atoms with Crippen molar-refractivity contribution in [1.82, 2.24) is 0 Å². The summed E-state index contributed by atoms with van der Waals surface area (Å²) in [4.78, 5) is 0. The van der Waals surface area contributed by atoms with E-state index in [4.69, 9.17) is 0 Å². The van der Waals surface area contributed by atoms with E-state index < -0.39 is 0 Å². The Morgan fingerprint density at radius 3 is 2.65 bits per heavy atom. The van der Waals surface area contributed by atoms with Crippen molar-refractivity contribution in [2.75, 3.05) is 0 Å². The molecule has 5 atom stereocenters. The van der Waals surface area contributed by atoms with Crippen LogP contribution in [0.2, 0.25) is 0 Å². The summed E-state index contributed by atoms with van der Waals surface area (Å²) in [6, 6.07) is 0. The molecule has 0 N–H and O–H groups in total. The first kappa shape index (κ1) is 13.2. The molecule has 0 aromatic carbocycles. The molecule has 0 aromatic heterocycles. The summed E-state index contributed by atoms with van der Waals surface area (Å²) in [6.45, 7) is 7.61. The fourth-order valence-electron chi connectivity index (χ4n) is 6.17. The second-order valence-electron chi connectivity index (χ2n) is 8.81. The molecular weight excluding hydrogens is 240 g/mol. The molecule has 4 aliphatic rings. The minimum atomic E-state index is 0.514. The van der Waals surface area contributed by atoms with E-state index in [0.29, 0.717) is 10.8 Å². The average molecular weight is 270 g/mol. The summed E-state index contributed by atoms with van der Waals surface area (Å²) in [5, 5.41) is 0. The van der Waals surface area contributed by atoms with Crippen LogP contribution in [0.4, 0.5) is 0 Å². The maximum Gasteiger partial charge on any atom is -0.00474 e. The van der Waals surface area contributed by atoms with Gasteiger partial charge in [0.25, 0.3) is 0 Å². The van der Waals surface area contributed by atoms with Gasteiger partial charge in [-0.1, -0.05) is 50.5 Å². The van der Waals surface area contributed by atoms with Gasteiger partial charge in [0.1, 0.15) is 0 Å². The first-order valence-corrected chi connectivity index (χ1v) is 8.94. The van der Waals surface area contributed by atoms with Crippen molar-refractivity contribution in [2.24, 2.45) is 28.6 Å². The first-order chi connectivity index (χ1) is 9.53. The van der Waals surface area contributed by atoms with E-state index in [-0.39, 0.29) is 0 Å². The molecule has 4 rings (SSSR count). The number of allylic oxidation sites excluding steroid dienone is 4. The highest BCUT2D eigenvalue weighted by Crippen LogP contribution is 2.63. The SMILES string of the molecule is CC1CC[C@@]2(C)C(=CC=C3C4CCCC4(C)CCC32)C1. The Morgan fingerprint density at radius 1 is 0.950 bits per heavy atom. The predicted octanol–water partition coefficient (Wildman–Crippen LogP) is 5.90. The summed E-state index contributed by atoms with van der Waals surface area (Å²) in [6.07, 6.45) is 16.7. The highest BCUT2D eigenvalue weighted by Gasteiger charge is 2.52. The monoisotopic (exact) mass is 270 g/mol. The van der Waals surface area contributed by atoms with Gasteiger partial charge < -0.3 is 0 Å². The van der Waals surface area contributed by atoms with Gasteiger partial charge in [-0.3, -0.25) is 0 Å². The molecule has 3 fully saturated rings. The van der Waals surface area contributed by atoms with Gasteiger partial charge in [-0.25, -0.2) is 0 Å². The smallest absolute Gasteiger partial charge is 0.00474 e. The lowest BCUT2D eigenvalue weighted by Crippen LogP contribution is -2.43. The van der Waals surface area contributed by atoms with Crippen LogP contribution >= 0.6 is 0 Å². The molecule has 3 saturated carbocycles. The Labute approximate surface area is 124 Å². The summed E-state index contributed by atoms with van der Waals surface area (Å²) < 4.78 is 0. The molecule has 0 heterocycles. The van der Waals surface area contributed by atoms with Gasteiger partial charge >= 0.3 is 0 Å². The van der Waals surface area contributed by atoms with Crippen LogP contribution < -0.4 is 0 Å². The Morgan fingerprint density at radius 2 is 1.80 bits per heavy atom. The second-order valence-corrected chi connectivity index (χ2v) is 8.81. The number of hydrogen-bond acceptors (Lipinski definition) is 0. The van der Waals surface area contributed by atoms with Gasteiger partial charge in [-0.15, -0.1) is 0 Å². The zero-order valence-electron chi connectivity index (χ0n) is 13.5. The summed E-state index contributed by atoms with van der Waals surface area (Å²) in [7, 11) is 0. The molecule has 4 unspecified atom stereocenters. The van der Waals surface area contributed by atoms with E-state index in [1.54, 1.807) is 5.57 Å². The molecule has 0 aromatic rings. The number of fused-ring (bicyclic) bond motifs is 5. The lowest BCUT2D eigenvalue weighted by molar-refractivity contribution is 0.0915. The van der Waals surface area contributed by atoms with E-state index in [1.165, 1.54) is 51.4 Å². The van der Waals surface area contributed by atoms with Crippen molar-refractivity contribution in [3.05, 3.63) is 23.3 Å². The molecule has 0 amide bonds. The van der Waals surface area contributed by atoms with Crippen LogP contribution in [0.3, 0.4) is 0 Å². The molecule has 20 heavy (non-hydrogen) atoms. The maximum absolute atomic E-state index is 2.60. The molecule has 110 valence electrons. The van der Waals surface area contributed by atoms with Crippen LogP contribution in [0, 0.1) is 28.6 Å². The Kier molecular flexibility index (Phi) is 2.79. The summed E-state index contributed by atoms with van der Waals surface area (Å²) in [5.74, 6) is 2.70. The lowest BCUT2D eigenvalue weighted by atomic mass is 9.51. The highest BCUT2D eigenvalue weighted by atomic mass is 14.6. The van der Waals surface area contributed by atoms with E-state index in [9.17, 15) is 0 Å². The fourth-order valence-corrected chi connectivity index (χ4v) is 6.17. The van der Waals surface area contributed by atoms with Gasteiger partial charge in [-0.05, 0) is 73.5 Å². The Balaban J connectivity index is 1.74. The van der Waals surface area contributed by atoms with E-state index in [0.717, 1.165) is 17.8 Å². The van der Waals surface area contributed by atoms with Crippen LogP contribution in [0.25, 0.3) is 0 Å². The average Bonchev–Trinajstić information content (AvgIpc) is 2.81. The third-order valence-electron chi connectivity index (χ3n) is 7.60. The molecule has 0 bridgehead atoms. The molecule has 0 saturated heterocycles. The molecule has 0 nitrogen and oxygen atoms in total. The largest absolute Gasteiger partial charge is 0.0634 e. The van der Waals surface area contributed by atoms with Crippen LogP contribution in [0.5, 0.6) is 0 Å². The maximum atomic E-state index is 2.60. The molecule has 4 aliphatic carbocycles. The predicted molar refractivity (Wildman–Crippen MR) is 85.5 cm³/mol. The first-order valence-electron chi connectivity index (χ1n) is 8.94. The van der Waals surface area contributed by atoms with E-state index >= 15 is 0 Å². The van der Waals surface area contributed by atoms with Crippen LogP contribution in [-0.4, -0.2) is 0 Å². The normalized spacial score (nSPS) is 50.6. The van der Waals surface area contributed by atoms with Crippen molar-refractivity contribution in [2.45, 2.75) is 72.1 Å². The van der Waals surface area contributed by atoms with Crippen molar-refractivity contribution in [3.8, 4) is 0 Å². The molecular formula is C20H30. The molecule has 0 heteroatoms. The van der Waals surface area contributed by atoms with Gasteiger partial charge in [-0.2, -0.15) is 0 Å². The van der Waals surface area contributed by atoms with E-state index in [2.05, 4.69) is 32.9 Å². The van der Waals surface area contributed by atoms with Gasteiger partial charge in [0, 0.05) is 0 Å². The molecule has 0 spiro atoms. The third-order valence-corrected chi connectivity index (χ3v) is 7.60. The lowest BCUT2D eigenvalue weighted by Gasteiger charge is -2.54. The van der Waals surface area contributed by atoms with Crippen molar-refractivity contribution in [1.29, 1.82) is 0 Å². The zero-order valence-corrected chi connectivity index (χ0v) is 13.5. The van der Waals surface area contributed by atoms with Crippen molar-refractivity contribution in [3.63, 3.8) is 0 Å². The van der Waals surface area contributed by atoms with Gasteiger partial charge in [0.2, 0.25) is 0 Å². The number of rotatable bonds is 0. The third kappa shape index (κ3) is 1.66. The zero-order chi connectivity index (χ0) is 14.0. The summed E-state index contributed by atoms with van der Waals surface area (Å²) >= 11 is 0. The van der Waals surface area contributed by atoms with Gasteiger partial charge in [0.05, 0.1) is 0 Å². The minimum absolute atomic E-state index is 0.514. The van der Waals surface area contributed by atoms with Gasteiger partial charge in [0.15, 0.2) is 0 Å². The molecule has 0 aliphatic heterocycles. The fraction of sp³-hybridized carbons (Fsp3) is 0.800. The number of hydrogen-bond donors (Lipinski definition) is 0. The minimum Gasteiger partial charge on any atom is -0.0634 e. The Bertz CT molecular complexity index is 482. The second kappa shape index (κ2) is 4.24. The van der Waals surface area contributed by atoms with Crippen LogP contribution in [0.15, 0.2) is 23.3 Å². The van der Waals surface area contributed by atoms with Crippen LogP contribution in [0.1, 0.15) is 72.1 Å². The Hall–Kier alpha value is -0.520. The quantitative estimate of drug-likeness (QED) is 0.514. The topological polar surface area (TPSA) is 0 Å². The van der Waals surface area contributed by atoms with Crippen molar-refractivity contribution >= 4 is 0 Å². The van der Waals surface area contributed by atoms with E-state index in [1.807, 2.05) is 5.57 Å². The van der Waals surface area contributed by atoms with Crippen LogP contribution in [-0.2, 0) is 0 Å². The highest BCUT2D eigenvalue weighted by molar-refractivity contribution is 5.38. The summed E-state index contributed by atoms with van der Waals surface area (Å²) in [5.41, 5.74) is 4.80. The van der Waals surface area contributed by atoms with Crippen molar-refractivity contribution < 1.29 is 0 Å².